The molecule has 3 atom stereocenters. The van der Waals surface area contributed by atoms with Crippen molar-refractivity contribution < 1.29 is 23.6 Å². The number of rotatable bonds is 8. The molecule has 0 aliphatic carbocycles. The minimum Gasteiger partial charge on any atom is -0.493 e. The first-order chi connectivity index (χ1) is 14.9. The zero-order chi connectivity index (χ0) is 22.5. The summed E-state index contributed by atoms with van der Waals surface area (Å²) in [6, 6.07) is 10.9. The van der Waals surface area contributed by atoms with E-state index in [1.807, 2.05) is 38.1 Å². The van der Waals surface area contributed by atoms with Gasteiger partial charge in [0.1, 0.15) is 18.4 Å². The fraction of sp³-hybridized carbons (Fsp3) is 0.480. The zero-order valence-electron chi connectivity index (χ0n) is 19.1. The fourth-order valence-corrected chi connectivity index (χ4v) is 4.47. The molecule has 0 aromatic heterocycles. The van der Waals surface area contributed by atoms with Crippen LogP contribution >= 0.6 is 0 Å². The van der Waals surface area contributed by atoms with E-state index in [0.29, 0.717) is 23.6 Å². The van der Waals surface area contributed by atoms with Crippen LogP contribution in [0.2, 0.25) is 0 Å². The van der Waals surface area contributed by atoms with Gasteiger partial charge in [0.25, 0.3) is 0 Å². The number of methoxy groups -OCH3 is 2. The molecule has 1 unspecified atom stereocenters. The number of halogens is 1. The summed E-state index contributed by atoms with van der Waals surface area (Å²) in [5.41, 5.74) is 3.01. The van der Waals surface area contributed by atoms with Crippen LogP contribution in [0.1, 0.15) is 49.9 Å². The van der Waals surface area contributed by atoms with E-state index in [2.05, 4.69) is 12.2 Å². The summed E-state index contributed by atoms with van der Waals surface area (Å²) in [5.74, 6) is 1.12. The molecule has 1 amide bonds. The van der Waals surface area contributed by atoms with E-state index in [1.165, 1.54) is 16.5 Å². The van der Waals surface area contributed by atoms with Crippen molar-refractivity contribution >= 4 is 5.91 Å². The van der Waals surface area contributed by atoms with Crippen molar-refractivity contribution in [3.8, 4) is 11.5 Å². The van der Waals surface area contributed by atoms with E-state index in [1.54, 1.807) is 20.3 Å². The van der Waals surface area contributed by atoms with Gasteiger partial charge in [0.05, 0.1) is 26.8 Å². The summed E-state index contributed by atoms with van der Waals surface area (Å²) >= 11 is 0. The van der Waals surface area contributed by atoms with Crippen LogP contribution in [-0.2, 0) is 17.8 Å². The van der Waals surface area contributed by atoms with E-state index < -0.39 is 0 Å². The topological polar surface area (TPSA) is 52.0 Å². The third-order valence-corrected chi connectivity index (χ3v) is 6.21. The van der Waals surface area contributed by atoms with Gasteiger partial charge in [0, 0.05) is 23.5 Å². The molecule has 1 aliphatic heterocycles. The molecular formula is C25H34FN2O3+. The van der Waals surface area contributed by atoms with Gasteiger partial charge in [-0.1, -0.05) is 39.0 Å². The van der Waals surface area contributed by atoms with E-state index in [0.717, 1.165) is 24.9 Å². The number of quaternary nitrogens is 1. The number of amides is 1. The molecule has 168 valence electrons. The van der Waals surface area contributed by atoms with Gasteiger partial charge < -0.3 is 19.7 Å². The minimum atomic E-state index is -0.189. The summed E-state index contributed by atoms with van der Waals surface area (Å²) in [5, 5.41) is 3.25. The summed E-state index contributed by atoms with van der Waals surface area (Å²) < 4.78 is 25.5. The summed E-state index contributed by atoms with van der Waals surface area (Å²) in [6.07, 6.45) is 1.63. The number of ether oxygens (including phenoxy) is 2. The average molecular weight is 430 g/mol. The molecule has 5 nitrogen and oxygen atoms in total. The van der Waals surface area contributed by atoms with Crippen LogP contribution in [0.4, 0.5) is 4.39 Å². The number of benzene rings is 2. The normalized spacial score (nSPS) is 18.9. The molecule has 31 heavy (non-hydrogen) atoms. The van der Waals surface area contributed by atoms with Crippen LogP contribution in [0.15, 0.2) is 36.4 Å². The number of carbonyl (C=O) groups is 1. The van der Waals surface area contributed by atoms with Gasteiger partial charge in [-0.15, -0.1) is 0 Å². The Morgan fingerprint density at radius 2 is 1.87 bits per heavy atom. The summed E-state index contributed by atoms with van der Waals surface area (Å²) in [4.78, 5) is 13.8. The maximum atomic E-state index is 14.5. The number of nitrogens with one attached hydrogen (secondary N) is 2. The van der Waals surface area contributed by atoms with Crippen molar-refractivity contribution in [3.05, 3.63) is 58.9 Å². The molecule has 0 radical (unpaired) electrons. The predicted octanol–water partition coefficient (Wildman–Crippen LogP) is 3.08. The van der Waals surface area contributed by atoms with Gasteiger partial charge in [-0.2, -0.15) is 0 Å². The number of hydrogen-bond acceptors (Lipinski definition) is 3. The third kappa shape index (κ3) is 5.01. The molecule has 1 heterocycles. The highest BCUT2D eigenvalue weighted by molar-refractivity contribution is 5.78. The molecule has 0 saturated carbocycles. The van der Waals surface area contributed by atoms with Crippen molar-refractivity contribution in [2.24, 2.45) is 5.92 Å². The summed E-state index contributed by atoms with van der Waals surface area (Å²) in [6.45, 7) is 7.28. The number of fused-ring (bicyclic) bond motifs is 1. The molecular weight excluding hydrogens is 395 g/mol. The first-order valence-electron chi connectivity index (χ1n) is 11.0. The molecule has 6 heteroatoms. The second-order valence-electron chi connectivity index (χ2n) is 8.49. The lowest BCUT2D eigenvalue weighted by atomic mass is 9.86. The minimum absolute atomic E-state index is 0.0177. The lowest BCUT2D eigenvalue weighted by Crippen LogP contribution is -3.13. The van der Waals surface area contributed by atoms with Crippen molar-refractivity contribution in [2.75, 3.05) is 20.8 Å². The number of hydrogen-bond donors (Lipinski definition) is 2. The maximum Gasteiger partial charge on any atom is 0.222 e. The molecule has 2 N–H and O–H groups in total. The van der Waals surface area contributed by atoms with Gasteiger partial charge in [-0.3, -0.25) is 4.79 Å². The van der Waals surface area contributed by atoms with Crippen LogP contribution in [0.25, 0.3) is 0 Å². The molecule has 0 fully saturated rings. The molecule has 0 bridgehead atoms. The van der Waals surface area contributed by atoms with Crippen LogP contribution < -0.4 is 19.7 Å². The highest BCUT2D eigenvalue weighted by Gasteiger charge is 2.38. The lowest BCUT2D eigenvalue weighted by Gasteiger charge is -2.39. The Balaban J connectivity index is 2.05. The van der Waals surface area contributed by atoms with Crippen molar-refractivity contribution in [3.63, 3.8) is 0 Å². The average Bonchev–Trinajstić information content (AvgIpc) is 2.77. The van der Waals surface area contributed by atoms with Gasteiger partial charge in [-0.05, 0) is 30.2 Å². The predicted molar refractivity (Wildman–Crippen MR) is 119 cm³/mol. The Bertz CT molecular complexity index is 916. The molecule has 0 saturated heterocycles. The second kappa shape index (κ2) is 10.1. The second-order valence-corrected chi connectivity index (χ2v) is 8.49. The van der Waals surface area contributed by atoms with Crippen LogP contribution in [-0.4, -0.2) is 32.7 Å². The Kier molecular flexibility index (Phi) is 7.55. The quantitative estimate of drug-likeness (QED) is 0.678. The van der Waals surface area contributed by atoms with E-state index in [9.17, 15) is 9.18 Å². The van der Waals surface area contributed by atoms with Crippen LogP contribution in [0.3, 0.4) is 0 Å². The lowest BCUT2D eigenvalue weighted by molar-refractivity contribution is -0.948. The van der Waals surface area contributed by atoms with Crippen LogP contribution in [0, 0.1) is 11.7 Å². The zero-order valence-corrected chi connectivity index (χ0v) is 19.1. The Hall–Kier alpha value is -2.60. The third-order valence-electron chi connectivity index (χ3n) is 6.21. The summed E-state index contributed by atoms with van der Waals surface area (Å²) in [7, 11) is 3.27. The standard InChI is InChI=1S/C25H33FN2O3/c1-6-21(27-25(29)16(2)3)24-19-14-23(31-5)22(30-4)13-17(19)11-12-28(24)15-18-9-7-8-10-20(18)26/h7-10,13-14,16,21,24H,6,11-12,15H2,1-5H3,(H,27,29)/p+1/t21-,24+/m0/s1. The monoisotopic (exact) mass is 429 g/mol. The van der Waals surface area contributed by atoms with Gasteiger partial charge >= 0.3 is 0 Å². The van der Waals surface area contributed by atoms with Crippen LogP contribution in [0.5, 0.6) is 11.5 Å². The number of carbonyl (C=O) groups excluding carboxylic acids is 1. The van der Waals surface area contributed by atoms with Crippen molar-refractivity contribution in [1.29, 1.82) is 0 Å². The van der Waals surface area contributed by atoms with Gasteiger partial charge in [0.2, 0.25) is 5.91 Å². The molecule has 3 rings (SSSR count). The van der Waals surface area contributed by atoms with E-state index >= 15 is 0 Å². The first kappa shape index (κ1) is 23.1. The van der Waals surface area contributed by atoms with Crippen molar-refractivity contribution in [2.45, 2.75) is 52.2 Å². The highest BCUT2D eigenvalue weighted by Crippen LogP contribution is 2.35. The molecule has 1 aliphatic rings. The fourth-order valence-electron chi connectivity index (χ4n) is 4.47. The first-order valence-corrected chi connectivity index (χ1v) is 11.0. The smallest absolute Gasteiger partial charge is 0.222 e. The maximum absolute atomic E-state index is 14.5. The molecule has 0 spiro atoms. The molecule has 2 aromatic carbocycles. The Morgan fingerprint density at radius 3 is 2.48 bits per heavy atom. The van der Waals surface area contributed by atoms with Gasteiger partial charge in [0.15, 0.2) is 11.5 Å². The Morgan fingerprint density at radius 1 is 1.19 bits per heavy atom. The largest absolute Gasteiger partial charge is 0.493 e. The Labute approximate surface area is 184 Å². The van der Waals surface area contributed by atoms with Gasteiger partial charge in [-0.25, -0.2) is 4.39 Å². The van der Waals surface area contributed by atoms with Crippen molar-refractivity contribution in [1.82, 2.24) is 5.32 Å². The molecule has 2 aromatic rings. The van der Waals surface area contributed by atoms with E-state index in [-0.39, 0.29) is 29.7 Å². The van der Waals surface area contributed by atoms with E-state index in [4.69, 9.17) is 9.47 Å². The highest BCUT2D eigenvalue weighted by atomic mass is 19.1. The SMILES string of the molecule is CC[C@H](NC(=O)C(C)C)[C@H]1c2cc(OC)c(OC)cc2CC[NH+]1Cc1ccccc1F.